The fourth-order valence-corrected chi connectivity index (χ4v) is 1.98. The van der Waals surface area contributed by atoms with Crippen molar-refractivity contribution < 1.29 is 14.3 Å². The quantitative estimate of drug-likeness (QED) is 0.778. The van der Waals surface area contributed by atoms with Crippen LogP contribution in [-0.4, -0.2) is 24.5 Å². The predicted octanol–water partition coefficient (Wildman–Crippen LogP) is 1.88. The summed E-state index contributed by atoms with van der Waals surface area (Å²) in [4.78, 5) is 22.2. The number of hydrogen-bond acceptors (Lipinski definition) is 3. The van der Waals surface area contributed by atoms with Gasteiger partial charge < -0.3 is 10.1 Å². The van der Waals surface area contributed by atoms with E-state index in [0.717, 1.165) is 25.7 Å². The van der Waals surface area contributed by atoms with Crippen LogP contribution < -0.4 is 5.32 Å². The van der Waals surface area contributed by atoms with Crippen molar-refractivity contribution in [2.45, 2.75) is 45.6 Å². The fourth-order valence-electron chi connectivity index (χ4n) is 1.98. The number of carbonyl (C=O) groups excluding carboxylic acids is 2. The Labute approximate surface area is 90.4 Å². The van der Waals surface area contributed by atoms with E-state index in [0.29, 0.717) is 6.61 Å². The van der Waals surface area contributed by atoms with Crippen LogP contribution in [-0.2, 0) is 9.53 Å². The van der Waals surface area contributed by atoms with E-state index in [9.17, 15) is 9.59 Å². The molecule has 0 spiro atoms. The van der Waals surface area contributed by atoms with Crippen molar-refractivity contribution in [1.29, 1.82) is 0 Å². The van der Waals surface area contributed by atoms with Crippen molar-refractivity contribution in [3.05, 3.63) is 0 Å². The zero-order valence-electron chi connectivity index (χ0n) is 9.41. The first kappa shape index (κ1) is 12.0. The van der Waals surface area contributed by atoms with Gasteiger partial charge in [0.2, 0.25) is 0 Å². The SMILES string of the molecule is CCOC(=O)N[C@H]1CC[C@H](C(C)=O)CC1. The molecular formula is C11H19NO3. The molecule has 0 aromatic heterocycles. The van der Waals surface area contributed by atoms with Crippen LogP contribution in [0.5, 0.6) is 0 Å². The second-order valence-electron chi connectivity index (χ2n) is 4.02. The molecule has 0 saturated heterocycles. The van der Waals surface area contributed by atoms with Crippen LogP contribution in [0.3, 0.4) is 0 Å². The fraction of sp³-hybridized carbons (Fsp3) is 0.818. The van der Waals surface area contributed by atoms with E-state index in [1.54, 1.807) is 13.8 Å². The van der Waals surface area contributed by atoms with Crippen LogP contribution in [0.2, 0.25) is 0 Å². The lowest BCUT2D eigenvalue weighted by Gasteiger charge is -2.27. The van der Waals surface area contributed by atoms with Crippen molar-refractivity contribution in [3.63, 3.8) is 0 Å². The molecule has 4 heteroatoms. The Morgan fingerprint density at radius 3 is 2.33 bits per heavy atom. The second kappa shape index (κ2) is 5.73. The molecule has 0 unspecified atom stereocenters. The third-order valence-electron chi connectivity index (χ3n) is 2.90. The Bertz CT molecular complexity index is 232. The standard InChI is InChI=1S/C11H19NO3/c1-3-15-11(14)12-10-6-4-9(5-7-10)8(2)13/h9-10H,3-7H2,1-2H3,(H,12,14)/t9-,10-. The molecule has 4 nitrogen and oxygen atoms in total. The number of nitrogens with one attached hydrogen (secondary N) is 1. The number of Topliss-reactive ketones (excluding diaryl/α,β-unsaturated/α-hetero) is 1. The zero-order valence-corrected chi connectivity index (χ0v) is 9.41. The summed E-state index contributed by atoms with van der Waals surface area (Å²) in [7, 11) is 0. The highest BCUT2D eigenvalue weighted by Gasteiger charge is 2.24. The van der Waals surface area contributed by atoms with E-state index in [-0.39, 0.29) is 23.8 Å². The molecule has 1 aliphatic rings. The summed E-state index contributed by atoms with van der Waals surface area (Å²) in [5.74, 6) is 0.467. The van der Waals surface area contributed by atoms with E-state index >= 15 is 0 Å². The molecule has 0 aromatic carbocycles. The maximum atomic E-state index is 11.1. The summed E-state index contributed by atoms with van der Waals surface area (Å²) in [6, 6.07) is 0.180. The Morgan fingerprint density at radius 1 is 1.27 bits per heavy atom. The molecule has 15 heavy (non-hydrogen) atoms. The summed E-state index contributed by atoms with van der Waals surface area (Å²) in [6.45, 7) is 3.82. The third-order valence-corrected chi connectivity index (χ3v) is 2.90. The van der Waals surface area contributed by atoms with Crippen LogP contribution in [0.1, 0.15) is 39.5 Å². The molecule has 1 amide bonds. The molecule has 0 bridgehead atoms. The minimum atomic E-state index is -0.344. The number of rotatable bonds is 3. The molecule has 0 aromatic rings. The second-order valence-corrected chi connectivity index (χ2v) is 4.02. The summed E-state index contributed by atoms with van der Waals surface area (Å²) >= 11 is 0. The maximum absolute atomic E-state index is 11.1. The van der Waals surface area contributed by atoms with E-state index in [2.05, 4.69) is 5.32 Å². The number of alkyl carbamates (subject to hydrolysis) is 1. The minimum absolute atomic E-state index is 0.180. The first-order chi connectivity index (χ1) is 7.13. The zero-order chi connectivity index (χ0) is 11.3. The lowest BCUT2D eigenvalue weighted by Crippen LogP contribution is -2.38. The predicted molar refractivity (Wildman–Crippen MR) is 56.6 cm³/mol. The van der Waals surface area contributed by atoms with Gasteiger partial charge in [0.25, 0.3) is 0 Å². The highest BCUT2D eigenvalue weighted by molar-refractivity contribution is 5.78. The Kier molecular flexibility index (Phi) is 4.59. The van der Waals surface area contributed by atoms with Gasteiger partial charge in [-0.15, -0.1) is 0 Å². The Balaban J connectivity index is 2.25. The lowest BCUT2D eigenvalue weighted by atomic mass is 9.84. The van der Waals surface area contributed by atoms with Gasteiger partial charge in [-0.05, 0) is 39.5 Å². The van der Waals surface area contributed by atoms with Gasteiger partial charge in [0.1, 0.15) is 5.78 Å². The van der Waals surface area contributed by atoms with Crippen molar-refractivity contribution in [2.75, 3.05) is 6.61 Å². The average Bonchev–Trinajstić information content (AvgIpc) is 2.18. The van der Waals surface area contributed by atoms with Crippen molar-refractivity contribution in [2.24, 2.45) is 5.92 Å². The van der Waals surface area contributed by atoms with E-state index in [1.165, 1.54) is 0 Å². The van der Waals surface area contributed by atoms with Crippen molar-refractivity contribution >= 4 is 11.9 Å². The van der Waals surface area contributed by atoms with Crippen LogP contribution in [0.25, 0.3) is 0 Å². The third kappa shape index (κ3) is 3.90. The number of ketones is 1. The van der Waals surface area contributed by atoms with Crippen LogP contribution in [0, 0.1) is 5.92 Å². The maximum Gasteiger partial charge on any atom is 0.407 e. The number of hydrogen-bond donors (Lipinski definition) is 1. The summed E-state index contributed by atoms with van der Waals surface area (Å²) in [5.41, 5.74) is 0. The van der Waals surface area contributed by atoms with Crippen LogP contribution in [0.4, 0.5) is 4.79 Å². The summed E-state index contributed by atoms with van der Waals surface area (Å²) in [5, 5.41) is 2.81. The average molecular weight is 213 g/mol. The van der Waals surface area contributed by atoms with Gasteiger partial charge in [-0.2, -0.15) is 0 Å². The van der Waals surface area contributed by atoms with Crippen molar-refractivity contribution in [3.8, 4) is 0 Å². The van der Waals surface area contributed by atoms with Crippen LogP contribution >= 0.6 is 0 Å². The first-order valence-electron chi connectivity index (χ1n) is 5.57. The monoisotopic (exact) mass is 213 g/mol. The molecule has 1 saturated carbocycles. The Morgan fingerprint density at radius 2 is 1.87 bits per heavy atom. The largest absolute Gasteiger partial charge is 0.450 e. The number of carbonyl (C=O) groups is 2. The van der Waals surface area contributed by atoms with Gasteiger partial charge in [0, 0.05) is 12.0 Å². The summed E-state index contributed by atoms with van der Waals surface area (Å²) in [6.07, 6.45) is 3.18. The van der Waals surface area contributed by atoms with Gasteiger partial charge in [-0.25, -0.2) is 4.79 Å². The minimum Gasteiger partial charge on any atom is -0.450 e. The molecule has 1 N–H and O–H groups in total. The van der Waals surface area contributed by atoms with E-state index < -0.39 is 0 Å². The van der Waals surface area contributed by atoms with E-state index in [1.807, 2.05) is 0 Å². The molecular weight excluding hydrogens is 194 g/mol. The molecule has 0 atom stereocenters. The molecule has 1 fully saturated rings. The highest BCUT2D eigenvalue weighted by atomic mass is 16.5. The first-order valence-corrected chi connectivity index (χ1v) is 5.57. The molecule has 1 aliphatic carbocycles. The Hall–Kier alpha value is -1.06. The normalized spacial score (nSPS) is 25.7. The molecule has 0 radical (unpaired) electrons. The van der Waals surface area contributed by atoms with Crippen LogP contribution in [0.15, 0.2) is 0 Å². The van der Waals surface area contributed by atoms with Gasteiger partial charge in [-0.3, -0.25) is 4.79 Å². The number of amides is 1. The molecule has 1 rings (SSSR count). The van der Waals surface area contributed by atoms with Crippen molar-refractivity contribution in [1.82, 2.24) is 5.32 Å². The van der Waals surface area contributed by atoms with Gasteiger partial charge >= 0.3 is 6.09 Å². The van der Waals surface area contributed by atoms with E-state index in [4.69, 9.17) is 4.74 Å². The topological polar surface area (TPSA) is 55.4 Å². The molecule has 86 valence electrons. The van der Waals surface area contributed by atoms with Gasteiger partial charge in [0.05, 0.1) is 6.61 Å². The molecule has 0 aliphatic heterocycles. The lowest BCUT2D eigenvalue weighted by molar-refractivity contribution is -0.121. The van der Waals surface area contributed by atoms with Gasteiger partial charge in [0.15, 0.2) is 0 Å². The smallest absolute Gasteiger partial charge is 0.407 e. The highest BCUT2D eigenvalue weighted by Crippen LogP contribution is 2.24. The number of ether oxygens (including phenoxy) is 1. The van der Waals surface area contributed by atoms with Gasteiger partial charge in [-0.1, -0.05) is 0 Å². The molecule has 0 heterocycles. The summed E-state index contributed by atoms with van der Waals surface area (Å²) < 4.78 is 4.80.